The minimum Gasteiger partial charge on any atom is -0.462 e. The van der Waals surface area contributed by atoms with E-state index in [4.69, 9.17) is 9.47 Å². The van der Waals surface area contributed by atoms with Gasteiger partial charge in [-0.25, -0.2) is 0 Å². The quantitative estimate of drug-likeness (QED) is 0.104. The van der Waals surface area contributed by atoms with Crippen molar-refractivity contribution in [3.8, 4) is 0 Å². The van der Waals surface area contributed by atoms with E-state index in [0.717, 1.165) is 51.5 Å². The number of nitrogens with zero attached hydrogens (tertiary/aromatic N) is 1. The van der Waals surface area contributed by atoms with E-state index >= 15 is 0 Å². The van der Waals surface area contributed by atoms with Gasteiger partial charge in [0.05, 0.1) is 5.92 Å². The first-order valence-electron chi connectivity index (χ1n) is 14.4. The third kappa shape index (κ3) is 21.4. The minimum absolute atomic E-state index is 0.0168. The number of ether oxygens (including phenoxy) is 2. The van der Waals surface area contributed by atoms with Crippen LogP contribution in [0, 0.1) is 5.92 Å². The molecule has 0 saturated heterocycles. The van der Waals surface area contributed by atoms with Gasteiger partial charge in [0.15, 0.2) is 0 Å². The summed E-state index contributed by atoms with van der Waals surface area (Å²) in [6, 6.07) is 0. The molecule has 0 fully saturated rings. The normalized spacial score (nSPS) is 13.1. The molecule has 0 radical (unpaired) electrons. The fourth-order valence-electron chi connectivity index (χ4n) is 4.23. The summed E-state index contributed by atoms with van der Waals surface area (Å²) in [5.41, 5.74) is 0. The van der Waals surface area contributed by atoms with Gasteiger partial charge >= 0.3 is 11.9 Å². The van der Waals surface area contributed by atoms with Crippen LogP contribution in [0.1, 0.15) is 136 Å². The molecule has 0 aromatic heterocycles. The van der Waals surface area contributed by atoms with Crippen LogP contribution in [0.5, 0.6) is 0 Å². The van der Waals surface area contributed by atoms with Crippen molar-refractivity contribution in [3.05, 3.63) is 0 Å². The lowest BCUT2D eigenvalue weighted by Crippen LogP contribution is -2.25. The van der Waals surface area contributed by atoms with Gasteiger partial charge in [0.1, 0.15) is 12.7 Å². The van der Waals surface area contributed by atoms with Crippen LogP contribution in [-0.2, 0) is 19.1 Å². The van der Waals surface area contributed by atoms with Crippen LogP contribution >= 0.6 is 0 Å². The summed E-state index contributed by atoms with van der Waals surface area (Å²) in [5, 5.41) is 0. The highest BCUT2D eigenvalue weighted by Crippen LogP contribution is 2.21. The van der Waals surface area contributed by atoms with Crippen molar-refractivity contribution >= 4 is 11.9 Å². The van der Waals surface area contributed by atoms with E-state index in [-0.39, 0.29) is 30.6 Å². The van der Waals surface area contributed by atoms with Gasteiger partial charge in [-0.1, -0.05) is 97.3 Å². The van der Waals surface area contributed by atoms with E-state index in [1.807, 2.05) is 6.92 Å². The van der Waals surface area contributed by atoms with Crippen LogP contribution in [0.25, 0.3) is 0 Å². The Hall–Kier alpha value is -1.10. The van der Waals surface area contributed by atoms with Crippen molar-refractivity contribution in [2.75, 3.05) is 27.2 Å². The van der Waals surface area contributed by atoms with E-state index in [0.29, 0.717) is 6.42 Å². The monoisotopic (exact) mass is 483 g/mol. The molecule has 0 N–H and O–H groups in total. The summed E-state index contributed by atoms with van der Waals surface area (Å²) < 4.78 is 11.1. The molecule has 0 aliphatic carbocycles. The SMILES string of the molecule is CCCCCCCCCC(CCCCCCC)C(=O)OCC(C)OC(=O)CCCCCN(C)C. The van der Waals surface area contributed by atoms with Crippen molar-refractivity contribution < 1.29 is 19.1 Å². The first kappa shape index (κ1) is 32.9. The van der Waals surface area contributed by atoms with Gasteiger partial charge in [-0.2, -0.15) is 0 Å². The van der Waals surface area contributed by atoms with Crippen molar-refractivity contribution in [1.29, 1.82) is 0 Å². The van der Waals surface area contributed by atoms with Crippen molar-refractivity contribution in [1.82, 2.24) is 4.90 Å². The Balaban J connectivity index is 4.25. The molecule has 5 nitrogen and oxygen atoms in total. The zero-order valence-electron chi connectivity index (χ0n) is 23.4. The molecule has 0 aromatic carbocycles. The Morgan fingerprint density at radius 2 is 1.21 bits per heavy atom. The third-order valence-electron chi connectivity index (χ3n) is 6.42. The second kappa shape index (κ2) is 23.6. The standard InChI is InChI=1S/C29H57NO4/c1-6-8-10-12-13-15-18-22-27(21-17-14-11-9-7-2)29(32)33-25-26(3)34-28(31)23-19-16-20-24-30(4)5/h26-27H,6-25H2,1-5H3. The Morgan fingerprint density at radius 1 is 0.706 bits per heavy atom. The smallest absolute Gasteiger partial charge is 0.309 e. The van der Waals surface area contributed by atoms with Crippen LogP contribution in [0.2, 0.25) is 0 Å². The van der Waals surface area contributed by atoms with Crippen LogP contribution in [0.4, 0.5) is 0 Å². The molecule has 0 saturated carbocycles. The van der Waals surface area contributed by atoms with Gasteiger partial charge in [0, 0.05) is 6.42 Å². The first-order valence-corrected chi connectivity index (χ1v) is 14.4. The van der Waals surface area contributed by atoms with E-state index in [1.165, 1.54) is 64.2 Å². The fourth-order valence-corrected chi connectivity index (χ4v) is 4.23. The van der Waals surface area contributed by atoms with Gasteiger partial charge in [0.25, 0.3) is 0 Å². The molecule has 34 heavy (non-hydrogen) atoms. The lowest BCUT2D eigenvalue weighted by molar-refractivity contribution is -0.160. The van der Waals surface area contributed by atoms with Crippen molar-refractivity contribution in [2.45, 2.75) is 142 Å². The summed E-state index contributed by atoms with van der Waals surface area (Å²) in [5.74, 6) is -0.311. The lowest BCUT2D eigenvalue weighted by atomic mass is 9.94. The van der Waals surface area contributed by atoms with E-state index < -0.39 is 0 Å². The predicted octanol–water partition coefficient (Wildman–Crippen LogP) is 7.70. The second-order valence-corrected chi connectivity index (χ2v) is 10.4. The number of carbonyl (C=O) groups excluding carboxylic acids is 2. The molecule has 2 atom stereocenters. The van der Waals surface area contributed by atoms with E-state index in [9.17, 15) is 9.59 Å². The number of unbranched alkanes of at least 4 members (excludes halogenated alkanes) is 12. The van der Waals surface area contributed by atoms with Gasteiger partial charge in [-0.3, -0.25) is 9.59 Å². The number of hydrogen-bond donors (Lipinski definition) is 0. The van der Waals surface area contributed by atoms with Crippen LogP contribution in [0.15, 0.2) is 0 Å². The fraction of sp³-hybridized carbons (Fsp3) is 0.931. The second-order valence-electron chi connectivity index (χ2n) is 10.4. The summed E-state index contributed by atoms with van der Waals surface area (Å²) in [7, 11) is 4.12. The molecule has 2 unspecified atom stereocenters. The molecule has 202 valence electrons. The average molecular weight is 484 g/mol. The molecule has 0 spiro atoms. The Labute approximate surface area is 211 Å². The largest absolute Gasteiger partial charge is 0.462 e. The molecule has 0 heterocycles. The average Bonchev–Trinajstić information content (AvgIpc) is 2.80. The molecular weight excluding hydrogens is 426 g/mol. The number of rotatable bonds is 24. The third-order valence-corrected chi connectivity index (χ3v) is 6.42. The van der Waals surface area contributed by atoms with Gasteiger partial charge in [-0.15, -0.1) is 0 Å². The molecule has 0 amide bonds. The highest BCUT2D eigenvalue weighted by atomic mass is 16.6. The molecule has 0 aliphatic heterocycles. The van der Waals surface area contributed by atoms with Crippen molar-refractivity contribution in [2.24, 2.45) is 5.92 Å². The Morgan fingerprint density at radius 3 is 1.74 bits per heavy atom. The highest BCUT2D eigenvalue weighted by Gasteiger charge is 2.21. The zero-order chi connectivity index (χ0) is 25.4. The Kier molecular flexibility index (Phi) is 22.9. The molecule has 0 aromatic rings. The Bertz CT molecular complexity index is 481. The van der Waals surface area contributed by atoms with Crippen LogP contribution in [-0.4, -0.2) is 50.2 Å². The topological polar surface area (TPSA) is 55.8 Å². The first-order chi connectivity index (χ1) is 16.4. The summed E-state index contributed by atoms with van der Waals surface area (Å²) in [6.45, 7) is 7.48. The lowest BCUT2D eigenvalue weighted by Gasteiger charge is -2.18. The molecule has 5 heteroatoms. The number of hydrogen-bond acceptors (Lipinski definition) is 5. The van der Waals surface area contributed by atoms with E-state index in [2.05, 4.69) is 32.8 Å². The maximum Gasteiger partial charge on any atom is 0.309 e. The maximum absolute atomic E-state index is 12.8. The highest BCUT2D eigenvalue weighted by molar-refractivity contribution is 5.72. The summed E-state index contributed by atoms with van der Waals surface area (Å²) in [4.78, 5) is 27.0. The van der Waals surface area contributed by atoms with Gasteiger partial charge < -0.3 is 14.4 Å². The maximum atomic E-state index is 12.8. The molecule has 0 aliphatic rings. The number of esters is 2. The number of carbonyl (C=O) groups is 2. The van der Waals surface area contributed by atoms with Crippen LogP contribution < -0.4 is 0 Å². The van der Waals surface area contributed by atoms with Crippen LogP contribution in [0.3, 0.4) is 0 Å². The molecular formula is C29H57NO4. The summed E-state index contributed by atoms with van der Waals surface area (Å²) in [6.07, 6.45) is 19.7. The van der Waals surface area contributed by atoms with Gasteiger partial charge in [-0.05, 0) is 53.2 Å². The summed E-state index contributed by atoms with van der Waals surface area (Å²) >= 11 is 0. The zero-order valence-corrected chi connectivity index (χ0v) is 23.4. The predicted molar refractivity (Wildman–Crippen MR) is 143 cm³/mol. The van der Waals surface area contributed by atoms with Crippen molar-refractivity contribution in [3.63, 3.8) is 0 Å². The van der Waals surface area contributed by atoms with E-state index in [1.54, 1.807) is 0 Å². The minimum atomic E-state index is -0.387. The van der Waals surface area contributed by atoms with Gasteiger partial charge in [0.2, 0.25) is 0 Å². The molecule has 0 rings (SSSR count). The molecule has 0 bridgehead atoms.